The summed E-state index contributed by atoms with van der Waals surface area (Å²) < 4.78 is 21.7. The molecule has 0 radical (unpaired) electrons. The SMILES string of the molecule is O=C(/C=C/c1ccc(O[C@@H]2O[C@H](CO)[C@@H](O)[C@H](O)[C@H]2O)cc1)CC(=O)/C=C/c1ccc(O[C@@H]2O[C@H](CO)[C@@H](O)[C@H](O)[C@H]2O)cc1. The molecule has 45 heavy (non-hydrogen) atoms. The highest BCUT2D eigenvalue weighted by molar-refractivity contribution is 6.10. The zero-order valence-electron chi connectivity index (χ0n) is 23.9. The smallest absolute Gasteiger partial charge is 0.229 e. The molecule has 2 aromatic carbocycles. The second-order valence-corrected chi connectivity index (χ2v) is 10.5. The van der Waals surface area contributed by atoms with Crippen molar-refractivity contribution in [3.8, 4) is 11.5 Å². The molecule has 2 aliphatic rings. The molecule has 2 heterocycles. The van der Waals surface area contributed by atoms with Crippen molar-refractivity contribution in [3.05, 3.63) is 71.8 Å². The normalized spacial score (nSPS) is 32.1. The highest BCUT2D eigenvalue weighted by atomic mass is 16.7. The molecule has 0 aliphatic carbocycles. The summed E-state index contributed by atoms with van der Waals surface area (Å²) in [6.45, 7) is -1.17. The summed E-state index contributed by atoms with van der Waals surface area (Å²) in [4.78, 5) is 24.6. The topological polar surface area (TPSA) is 233 Å². The Hall–Kier alpha value is -3.54. The van der Waals surface area contributed by atoms with Crippen LogP contribution < -0.4 is 9.47 Å². The van der Waals surface area contributed by atoms with Gasteiger partial charge in [-0.2, -0.15) is 0 Å². The number of carbonyl (C=O) groups excluding carboxylic acids is 2. The van der Waals surface area contributed by atoms with Crippen LogP contribution in [-0.4, -0.2) is 127 Å². The number of hydrogen-bond acceptors (Lipinski definition) is 14. The molecule has 10 atom stereocenters. The van der Waals surface area contributed by atoms with Crippen molar-refractivity contribution >= 4 is 23.7 Å². The lowest BCUT2D eigenvalue weighted by molar-refractivity contribution is -0.277. The summed E-state index contributed by atoms with van der Waals surface area (Å²) in [5, 5.41) is 78.3. The van der Waals surface area contributed by atoms with Crippen molar-refractivity contribution in [1.82, 2.24) is 0 Å². The summed E-state index contributed by atoms with van der Waals surface area (Å²) in [5.41, 5.74) is 1.22. The van der Waals surface area contributed by atoms with Crippen LogP contribution in [0.25, 0.3) is 12.2 Å². The third-order valence-electron chi connectivity index (χ3n) is 7.23. The number of ether oxygens (including phenoxy) is 4. The predicted octanol–water partition coefficient (Wildman–Crippen LogP) is -1.70. The Morgan fingerprint density at radius 1 is 0.578 bits per heavy atom. The van der Waals surface area contributed by atoms with E-state index in [9.17, 15) is 50.4 Å². The Morgan fingerprint density at radius 3 is 1.27 bits per heavy atom. The fraction of sp³-hybridized carbons (Fsp3) is 0.419. The molecular weight excluding hydrogens is 596 g/mol. The minimum Gasteiger partial charge on any atom is -0.462 e. The zero-order valence-corrected chi connectivity index (χ0v) is 23.9. The van der Waals surface area contributed by atoms with E-state index in [1.165, 1.54) is 48.6 Å². The molecule has 2 saturated heterocycles. The average molecular weight is 633 g/mol. The van der Waals surface area contributed by atoms with E-state index >= 15 is 0 Å². The van der Waals surface area contributed by atoms with Crippen LogP contribution in [-0.2, 0) is 19.1 Å². The van der Waals surface area contributed by atoms with Gasteiger partial charge in [0.15, 0.2) is 11.6 Å². The average Bonchev–Trinajstić information content (AvgIpc) is 3.04. The minimum absolute atomic E-state index is 0.261. The van der Waals surface area contributed by atoms with Crippen molar-refractivity contribution in [2.75, 3.05) is 13.2 Å². The predicted molar refractivity (Wildman–Crippen MR) is 154 cm³/mol. The lowest BCUT2D eigenvalue weighted by Gasteiger charge is -2.39. The Morgan fingerprint density at radius 2 is 0.933 bits per heavy atom. The molecule has 8 N–H and O–H groups in total. The van der Waals surface area contributed by atoms with Gasteiger partial charge >= 0.3 is 0 Å². The monoisotopic (exact) mass is 632 g/mol. The van der Waals surface area contributed by atoms with Gasteiger partial charge in [-0.15, -0.1) is 0 Å². The number of aliphatic hydroxyl groups is 8. The van der Waals surface area contributed by atoms with Crippen molar-refractivity contribution in [1.29, 1.82) is 0 Å². The third-order valence-corrected chi connectivity index (χ3v) is 7.23. The molecule has 0 amide bonds. The molecule has 0 bridgehead atoms. The third kappa shape index (κ3) is 8.80. The van der Waals surface area contributed by atoms with E-state index in [0.29, 0.717) is 11.1 Å². The van der Waals surface area contributed by atoms with Gasteiger partial charge in [0, 0.05) is 0 Å². The largest absolute Gasteiger partial charge is 0.462 e. The number of hydrogen-bond donors (Lipinski definition) is 8. The first-order valence-electron chi connectivity index (χ1n) is 14.1. The van der Waals surface area contributed by atoms with Gasteiger partial charge in [0.1, 0.15) is 60.3 Å². The number of rotatable bonds is 12. The van der Waals surface area contributed by atoms with Crippen molar-refractivity contribution in [2.45, 2.75) is 67.8 Å². The Bertz CT molecular complexity index is 1220. The molecular formula is C31H36O14. The molecule has 0 spiro atoms. The van der Waals surface area contributed by atoms with Crippen LogP contribution in [0.3, 0.4) is 0 Å². The standard InChI is InChI=1S/C31H36O14/c32-14-22-24(36)26(38)28(40)30(44-22)42-20-9-3-16(4-10-20)1-7-18(34)13-19(35)8-2-17-5-11-21(12-6-17)43-31-29(41)27(39)25(37)23(15-33)45-31/h1-12,22-33,36-41H,13-15H2/b7-1+,8-2+/t22-,23-,24-,25-,26+,27+,28-,29-,30-,31-/m1/s1. The number of aliphatic hydroxyl groups excluding tert-OH is 8. The van der Waals surface area contributed by atoms with Crippen molar-refractivity contribution in [2.24, 2.45) is 0 Å². The van der Waals surface area contributed by atoms with E-state index in [4.69, 9.17) is 18.9 Å². The van der Waals surface area contributed by atoms with E-state index in [0.717, 1.165) is 0 Å². The van der Waals surface area contributed by atoms with Crippen LogP contribution >= 0.6 is 0 Å². The Kier molecular flexibility index (Phi) is 11.9. The lowest BCUT2D eigenvalue weighted by Crippen LogP contribution is -2.60. The van der Waals surface area contributed by atoms with Gasteiger partial charge in [0.2, 0.25) is 12.6 Å². The summed E-state index contributed by atoms with van der Waals surface area (Å²) in [5.74, 6) is -0.350. The van der Waals surface area contributed by atoms with Crippen molar-refractivity contribution < 1.29 is 69.4 Å². The molecule has 0 unspecified atom stereocenters. The van der Waals surface area contributed by atoms with E-state index in [1.54, 1.807) is 24.3 Å². The number of carbonyl (C=O) groups is 2. The fourth-order valence-electron chi connectivity index (χ4n) is 4.58. The second-order valence-electron chi connectivity index (χ2n) is 10.5. The van der Waals surface area contributed by atoms with Gasteiger partial charge in [0.05, 0.1) is 19.6 Å². The van der Waals surface area contributed by atoms with Crippen LogP contribution in [0.15, 0.2) is 60.7 Å². The maximum absolute atomic E-state index is 12.3. The Labute approximate surface area is 257 Å². The first-order valence-corrected chi connectivity index (χ1v) is 14.1. The van der Waals surface area contributed by atoms with Crippen molar-refractivity contribution in [3.63, 3.8) is 0 Å². The molecule has 0 aromatic heterocycles. The van der Waals surface area contributed by atoms with Gasteiger partial charge in [-0.05, 0) is 47.5 Å². The quantitative estimate of drug-likeness (QED) is 0.0963. The van der Waals surface area contributed by atoms with E-state index < -0.39 is 86.2 Å². The summed E-state index contributed by atoms with van der Waals surface area (Å²) in [6.07, 6.45) is -8.96. The molecule has 0 saturated carbocycles. The maximum atomic E-state index is 12.3. The zero-order chi connectivity index (χ0) is 32.7. The van der Waals surface area contributed by atoms with Crippen LogP contribution in [0.5, 0.6) is 11.5 Å². The van der Waals surface area contributed by atoms with Crippen LogP contribution in [0.1, 0.15) is 17.5 Å². The maximum Gasteiger partial charge on any atom is 0.229 e. The number of allylic oxidation sites excluding steroid dienone is 2. The molecule has 244 valence electrons. The van der Waals surface area contributed by atoms with Gasteiger partial charge in [-0.25, -0.2) is 0 Å². The van der Waals surface area contributed by atoms with Gasteiger partial charge in [0.25, 0.3) is 0 Å². The first-order chi connectivity index (χ1) is 21.5. The summed E-state index contributed by atoms with van der Waals surface area (Å²) in [7, 11) is 0. The Balaban J connectivity index is 1.24. The molecule has 2 aliphatic heterocycles. The van der Waals surface area contributed by atoms with E-state index in [2.05, 4.69) is 0 Å². The second kappa shape index (κ2) is 15.6. The van der Waals surface area contributed by atoms with Crippen LogP contribution in [0.2, 0.25) is 0 Å². The molecule has 14 heteroatoms. The molecule has 2 fully saturated rings. The van der Waals surface area contributed by atoms with Crippen LogP contribution in [0, 0.1) is 0 Å². The van der Waals surface area contributed by atoms with E-state index in [-0.39, 0.29) is 17.9 Å². The summed E-state index contributed by atoms with van der Waals surface area (Å²) in [6, 6.07) is 12.5. The van der Waals surface area contributed by atoms with E-state index in [1.807, 2.05) is 0 Å². The molecule has 4 rings (SSSR count). The number of ketones is 2. The first kappa shape index (κ1) is 34.3. The highest BCUT2D eigenvalue weighted by Crippen LogP contribution is 2.26. The number of benzene rings is 2. The fourth-order valence-corrected chi connectivity index (χ4v) is 4.58. The summed E-state index contributed by atoms with van der Waals surface area (Å²) >= 11 is 0. The van der Waals surface area contributed by atoms with Gasteiger partial charge in [-0.3, -0.25) is 9.59 Å². The van der Waals surface area contributed by atoms with Gasteiger partial charge < -0.3 is 59.8 Å². The van der Waals surface area contributed by atoms with Crippen LogP contribution in [0.4, 0.5) is 0 Å². The molecule has 14 nitrogen and oxygen atoms in total. The minimum atomic E-state index is -1.57. The highest BCUT2D eigenvalue weighted by Gasteiger charge is 2.45. The lowest BCUT2D eigenvalue weighted by atomic mass is 9.99. The van der Waals surface area contributed by atoms with Gasteiger partial charge in [-0.1, -0.05) is 36.4 Å². The molecule has 2 aromatic rings.